The van der Waals surface area contributed by atoms with Gasteiger partial charge in [0, 0.05) is 22.7 Å². The molecule has 2 aromatic carbocycles. The summed E-state index contributed by atoms with van der Waals surface area (Å²) in [5.74, 6) is -0.206. The molecule has 1 amide bonds. The smallest absolute Gasteiger partial charge is 0.416 e. The van der Waals surface area contributed by atoms with Gasteiger partial charge in [-0.15, -0.1) is 0 Å². The van der Waals surface area contributed by atoms with Gasteiger partial charge < -0.3 is 10.1 Å². The first-order chi connectivity index (χ1) is 13.7. The highest BCUT2D eigenvalue weighted by Gasteiger charge is 2.33. The predicted octanol–water partition coefficient (Wildman–Crippen LogP) is 3.38. The van der Waals surface area contributed by atoms with E-state index in [2.05, 4.69) is 20.5 Å². The molecule has 3 N–H and O–H groups in total. The topological polar surface area (TPSA) is 99.9 Å². The zero-order chi connectivity index (χ0) is 20.8. The van der Waals surface area contributed by atoms with Crippen molar-refractivity contribution in [3.63, 3.8) is 0 Å². The third kappa shape index (κ3) is 3.97. The molecule has 2 heterocycles. The molecule has 29 heavy (non-hydrogen) atoms. The lowest BCUT2D eigenvalue weighted by Gasteiger charge is -2.14. The number of nitrogens with zero attached hydrogens (tertiary/aromatic N) is 1. The van der Waals surface area contributed by atoms with Crippen LogP contribution in [0.2, 0.25) is 5.02 Å². The minimum atomic E-state index is -4.66. The van der Waals surface area contributed by atoms with Crippen molar-refractivity contribution in [3.8, 4) is 17.1 Å². The van der Waals surface area contributed by atoms with Gasteiger partial charge in [0.2, 0.25) is 0 Å². The number of fused-ring (bicyclic) bond motifs is 1. The first-order valence-electron chi connectivity index (χ1n) is 8.32. The van der Waals surface area contributed by atoms with Crippen LogP contribution >= 0.6 is 11.6 Å². The molecule has 11 heteroatoms. The van der Waals surface area contributed by atoms with Crippen LogP contribution in [0, 0.1) is 0 Å². The minimum absolute atomic E-state index is 0.0177. The maximum Gasteiger partial charge on any atom is 0.416 e. The van der Waals surface area contributed by atoms with Crippen LogP contribution < -0.4 is 15.7 Å². The summed E-state index contributed by atoms with van der Waals surface area (Å²) in [5, 5.41) is 8.64. The van der Waals surface area contributed by atoms with Crippen LogP contribution in [0.1, 0.15) is 11.1 Å². The molecule has 150 valence electrons. The van der Waals surface area contributed by atoms with Crippen molar-refractivity contribution in [3.05, 3.63) is 63.0 Å². The van der Waals surface area contributed by atoms with Gasteiger partial charge in [-0.1, -0.05) is 11.6 Å². The van der Waals surface area contributed by atoms with Crippen LogP contribution in [-0.2, 0) is 17.4 Å². The molecule has 7 nitrogen and oxygen atoms in total. The Morgan fingerprint density at radius 1 is 1.24 bits per heavy atom. The first-order valence-corrected chi connectivity index (χ1v) is 8.70. The third-order valence-corrected chi connectivity index (χ3v) is 4.53. The zero-order valence-electron chi connectivity index (χ0n) is 14.4. The summed E-state index contributed by atoms with van der Waals surface area (Å²) in [7, 11) is 0. The quantitative estimate of drug-likeness (QED) is 0.600. The second-order valence-electron chi connectivity index (χ2n) is 6.38. The molecule has 1 aliphatic heterocycles. The van der Waals surface area contributed by atoms with E-state index in [0.29, 0.717) is 10.8 Å². The summed E-state index contributed by atoms with van der Waals surface area (Å²) in [6.45, 7) is 0. The average Bonchev–Trinajstić information content (AvgIpc) is 3.26. The summed E-state index contributed by atoms with van der Waals surface area (Å²) >= 11 is 5.92. The van der Waals surface area contributed by atoms with E-state index in [1.54, 1.807) is 18.2 Å². The summed E-state index contributed by atoms with van der Waals surface area (Å²) < 4.78 is 45.4. The van der Waals surface area contributed by atoms with Gasteiger partial charge in [0.25, 0.3) is 5.91 Å². The van der Waals surface area contributed by atoms with E-state index in [-0.39, 0.29) is 23.5 Å². The molecule has 0 fully saturated rings. The van der Waals surface area contributed by atoms with Crippen LogP contribution in [0.15, 0.2) is 41.2 Å². The highest BCUT2D eigenvalue weighted by atomic mass is 35.5. The fraction of sp³-hybridized carbons (Fsp3) is 0.167. The molecule has 0 unspecified atom stereocenters. The van der Waals surface area contributed by atoms with E-state index in [4.69, 9.17) is 16.3 Å². The van der Waals surface area contributed by atoms with Crippen LogP contribution in [-0.4, -0.2) is 27.2 Å². The van der Waals surface area contributed by atoms with Gasteiger partial charge in [-0.2, -0.15) is 18.3 Å². The number of amides is 1. The summed E-state index contributed by atoms with van der Waals surface area (Å²) in [6, 6.07) is 7.81. The van der Waals surface area contributed by atoms with E-state index >= 15 is 0 Å². The zero-order valence-corrected chi connectivity index (χ0v) is 15.2. The van der Waals surface area contributed by atoms with Gasteiger partial charge in [0.15, 0.2) is 11.9 Å². The van der Waals surface area contributed by atoms with Crippen molar-refractivity contribution in [2.24, 2.45) is 0 Å². The van der Waals surface area contributed by atoms with Crippen LogP contribution in [0.25, 0.3) is 11.4 Å². The van der Waals surface area contributed by atoms with E-state index in [1.807, 2.05) is 0 Å². The number of aromatic amines is 2. The van der Waals surface area contributed by atoms with Gasteiger partial charge in [-0.3, -0.25) is 9.78 Å². The number of aromatic nitrogens is 3. The maximum absolute atomic E-state index is 13.3. The van der Waals surface area contributed by atoms with Gasteiger partial charge >= 0.3 is 11.9 Å². The summed E-state index contributed by atoms with van der Waals surface area (Å²) in [4.78, 5) is 26.1. The Bertz CT molecular complexity index is 1160. The maximum atomic E-state index is 13.3. The number of hydrogen-bond donors (Lipinski definition) is 3. The molecule has 0 saturated carbocycles. The van der Waals surface area contributed by atoms with Crippen molar-refractivity contribution in [2.75, 3.05) is 5.32 Å². The number of alkyl halides is 3. The van der Waals surface area contributed by atoms with Gasteiger partial charge in [-0.25, -0.2) is 9.89 Å². The van der Waals surface area contributed by atoms with Crippen molar-refractivity contribution in [2.45, 2.75) is 18.7 Å². The summed E-state index contributed by atoms with van der Waals surface area (Å²) in [6.07, 6.45) is -5.34. The Hall–Kier alpha value is -3.27. The predicted molar refractivity (Wildman–Crippen MR) is 97.8 cm³/mol. The van der Waals surface area contributed by atoms with Crippen molar-refractivity contribution in [1.29, 1.82) is 0 Å². The molecule has 4 rings (SSSR count). The second-order valence-corrected chi connectivity index (χ2v) is 6.81. The number of ether oxygens (including phenoxy) is 1. The highest BCUT2D eigenvalue weighted by Crippen LogP contribution is 2.35. The number of carbonyl (C=O) groups is 1. The molecule has 0 bridgehead atoms. The Kier molecular flexibility index (Phi) is 4.58. The standard InChI is InChI=1S/C18H12ClF3N4O3/c19-11-1-2-13-8(4-11)6-14(29-13)16(27)23-12-5-9(15-24-17(28)26-25-15)3-10(7-12)18(20,21)22/h1-5,7,14H,6H2,(H,23,27)(H2,24,25,26,28)/t14-/m0/s1. The van der Waals surface area contributed by atoms with Gasteiger partial charge in [0.1, 0.15) is 5.75 Å². The first kappa shape index (κ1) is 19.1. The van der Waals surface area contributed by atoms with Gasteiger partial charge in [-0.05, 0) is 42.0 Å². The van der Waals surface area contributed by atoms with Crippen molar-refractivity contribution >= 4 is 23.2 Å². The number of halogens is 4. The minimum Gasteiger partial charge on any atom is -0.480 e. The summed E-state index contributed by atoms with van der Waals surface area (Å²) in [5.41, 5.74) is -1.07. The number of H-pyrrole nitrogens is 2. The van der Waals surface area contributed by atoms with E-state index in [0.717, 1.165) is 17.7 Å². The van der Waals surface area contributed by atoms with Crippen LogP contribution in [0.4, 0.5) is 18.9 Å². The number of carbonyl (C=O) groups excluding carboxylic acids is 1. The number of rotatable bonds is 3. The molecule has 1 aliphatic rings. The molecule has 3 aromatic rings. The number of benzene rings is 2. The Morgan fingerprint density at radius 3 is 2.72 bits per heavy atom. The largest absolute Gasteiger partial charge is 0.480 e. The van der Waals surface area contributed by atoms with Gasteiger partial charge in [0.05, 0.1) is 5.56 Å². The van der Waals surface area contributed by atoms with E-state index < -0.39 is 29.4 Å². The number of anilines is 1. The lowest BCUT2D eigenvalue weighted by atomic mass is 10.1. The van der Waals surface area contributed by atoms with E-state index in [1.165, 1.54) is 6.07 Å². The molecule has 0 radical (unpaired) electrons. The number of nitrogens with one attached hydrogen (secondary N) is 3. The fourth-order valence-corrected chi connectivity index (χ4v) is 3.19. The monoisotopic (exact) mass is 424 g/mol. The Morgan fingerprint density at radius 2 is 2.03 bits per heavy atom. The normalized spacial score (nSPS) is 15.7. The SMILES string of the molecule is O=C(Nc1cc(-c2n[nH]c(=O)[nH]2)cc(C(F)(F)F)c1)[C@@H]1Cc2cc(Cl)ccc2O1. The Labute approximate surface area is 165 Å². The lowest BCUT2D eigenvalue weighted by molar-refractivity contribution is -0.137. The van der Waals surface area contributed by atoms with E-state index in [9.17, 15) is 22.8 Å². The third-order valence-electron chi connectivity index (χ3n) is 4.29. The fourth-order valence-electron chi connectivity index (χ4n) is 2.99. The Balaban J connectivity index is 1.61. The molecule has 0 saturated heterocycles. The molecule has 0 spiro atoms. The van der Waals surface area contributed by atoms with Crippen molar-refractivity contribution < 1.29 is 22.7 Å². The highest BCUT2D eigenvalue weighted by molar-refractivity contribution is 6.30. The molecule has 1 aromatic heterocycles. The van der Waals surface area contributed by atoms with Crippen LogP contribution in [0.5, 0.6) is 5.75 Å². The lowest BCUT2D eigenvalue weighted by Crippen LogP contribution is -2.31. The van der Waals surface area contributed by atoms with Crippen LogP contribution in [0.3, 0.4) is 0 Å². The number of hydrogen-bond acceptors (Lipinski definition) is 4. The molecule has 1 atom stereocenters. The second kappa shape index (κ2) is 6.96. The van der Waals surface area contributed by atoms with Crippen molar-refractivity contribution in [1.82, 2.24) is 15.2 Å². The molecule has 0 aliphatic carbocycles. The molecular weight excluding hydrogens is 413 g/mol. The average molecular weight is 425 g/mol. The molecular formula is C18H12ClF3N4O3.